The van der Waals surface area contributed by atoms with E-state index in [1.54, 1.807) is 12.1 Å². The Labute approximate surface area is 91.9 Å². The second kappa shape index (κ2) is 3.77. The van der Waals surface area contributed by atoms with Gasteiger partial charge in [-0.2, -0.15) is 0 Å². The maximum Gasteiger partial charge on any atom is 0.209 e. The number of rotatable bonds is 2. The molecular weight excluding hydrogens is 210 g/mol. The summed E-state index contributed by atoms with van der Waals surface area (Å²) in [6.45, 7) is 0. The molecule has 0 unspecified atom stereocenters. The van der Waals surface area contributed by atoms with Crippen molar-refractivity contribution in [1.82, 2.24) is 4.98 Å². The highest BCUT2D eigenvalue weighted by Gasteiger charge is 2.20. The number of hydrogen-bond donors (Lipinski definition) is 2. The van der Waals surface area contributed by atoms with Gasteiger partial charge in [-0.3, -0.25) is 4.98 Å². The molecule has 2 rings (SSSR count). The highest BCUT2D eigenvalue weighted by atomic mass is 16.5. The lowest BCUT2D eigenvalue weighted by molar-refractivity contribution is 0.320. The molecular formula is C11H11NO4. The number of hydrogen-bond acceptors (Lipinski definition) is 5. The Hall–Kier alpha value is -2.17. The molecule has 1 heterocycles. The second-order valence-electron chi connectivity index (χ2n) is 3.16. The van der Waals surface area contributed by atoms with Gasteiger partial charge in [-0.25, -0.2) is 0 Å². The molecule has 0 radical (unpaired) electrons. The Morgan fingerprint density at radius 3 is 2.31 bits per heavy atom. The molecule has 0 bridgehead atoms. The number of pyridine rings is 1. The van der Waals surface area contributed by atoms with Crippen molar-refractivity contribution in [1.29, 1.82) is 0 Å². The summed E-state index contributed by atoms with van der Waals surface area (Å²) in [6, 6.07) is 3.30. The van der Waals surface area contributed by atoms with E-state index in [2.05, 4.69) is 4.98 Å². The monoisotopic (exact) mass is 221 g/mol. The molecule has 0 saturated heterocycles. The first-order valence-electron chi connectivity index (χ1n) is 4.61. The summed E-state index contributed by atoms with van der Waals surface area (Å²) in [4.78, 5) is 3.98. The summed E-state index contributed by atoms with van der Waals surface area (Å²) < 4.78 is 9.97. The van der Waals surface area contributed by atoms with Crippen molar-refractivity contribution in [3.63, 3.8) is 0 Å². The predicted molar refractivity (Wildman–Crippen MR) is 58.2 cm³/mol. The van der Waals surface area contributed by atoms with Crippen molar-refractivity contribution in [2.45, 2.75) is 0 Å². The minimum absolute atomic E-state index is 0.0752. The number of phenolic OH excluding ortho intramolecular Hbond substituents is 2. The Bertz CT molecular complexity index is 490. The Kier molecular flexibility index (Phi) is 2.44. The average molecular weight is 221 g/mol. The van der Waals surface area contributed by atoms with Gasteiger partial charge in [-0.1, -0.05) is 0 Å². The predicted octanol–water partition coefficient (Wildman–Crippen LogP) is 1.66. The third-order valence-electron chi connectivity index (χ3n) is 2.33. The fourth-order valence-corrected chi connectivity index (χ4v) is 1.61. The maximum absolute atomic E-state index is 9.93. The zero-order valence-electron chi connectivity index (χ0n) is 8.89. The van der Waals surface area contributed by atoms with E-state index in [0.29, 0.717) is 5.39 Å². The van der Waals surface area contributed by atoms with Gasteiger partial charge in [-0.15, -0.1) is 0 Å². The van der Waals surface area contributed by atoms with Crippen molar-refractivity contribution in [2.75, 3.05) is 14.2 Å². The lowest BCUT2D eigenvalue weighted by Crippen LogP contribution is -1.93. The zero-order valence-corrected chi connectivity index (χ0v) is 8.89. The number of phenols is 2. The quantitative estimate of drug-likeness (QED) is 0.754. The van der Waals surface area contributed by atoms with Crippen molar-refractivity contribution >= 4 is 10.9 Å². The van der Waals surface area contributed by atoms with Crippen LogP contribution in [0.2, 0.25) is 0 Å². The fraction of sp³-hybridized carbons (Fsp3) is 0.182. The van der Waals surface area contributed by atoms with Crippen LogP contribution in [0.3, 0.4) is 0 Å². The third kappa shape index (κ3) is 1.29. The van der Waals surface area contributed by atoms with Gasteiger partial charge in [0.15, 0.2) is 11.5 Å². The van der Waals surface area contributed by atoms with Gasteiger partial charge in [0.2, 0.25) is 11.5 Å². The van der Waals surface area contributed by atoms with E-state index in [9.17, 15) is 10.2 Å². The van der Waals surface area contributed by atoms with E-state index < -0.39 is 0 Å². The number of ether oxygens (including phenoxy) is 2. The first kappa shape index (κ1) is 10.4. The lowest BCUT2D eigenvalue weighted by atomic mass is 10.1. The summed E-state index contributed by atoms with van der Waals surface area (Å²) in [5, 5.41) is 20.3. The molecule has 1 aromatic carbocycles. The topological polar surface area (TPSA) is 71.8 Å². The molecule has 0 aliphatic rings. The summed E-state index contributed by atoms with van der Waals surface area (Å²) in [5.41, 5.74) is 0.276. The lowest BCUT2D eigenvalue weighted by Gasteiger charge is -2.13. The van der Waals surface area contributed by atoms with Crippen molar-refractivity contribution in [3.8, 4) is 23.0 Å². The first-order chi connectivity index (χ1) is 7.70. The van der Waals surface area contributed by atoms with Crippen LogP contribution in [-0.2, 0) is 0 Å². The van der Waals surface area contributed by atoms with Crippen LogP contribution >= 0.6 is 0 Å². The summed E-state index contributed by atoms with van der Waals surface area (Å²) in [7, 11) is 2.77. The standard InChI is InChI=1S/C11H11NO4/c1-15-10-8(13)6-4-3-5-12-7(6)9(14)11(10)16-2/h3-5,13-14H,1-2H3. The molecule has 0 fully saturated rings. The van der Waals surface area contributed by atoms with Crippen LogP contribution in [0.5, 0.6) is 23.0 Å². The van der Waals surface area contributed by atoms with Crippen LogP contribution in [0.4, 0.5) is 0 Å². The third-order valence-corrected chi connectivity index (χ3v) is 2.33. The van der Waals surface area contributed by atoms with Gasteiger partial charge < -0.3 is 19.7 Å². The first-order valence-corrected chi connectivity index (χ1v) is 4.61. The number of benzene rings is 1. The molecule has 0 aliphatic carbocycles. The van der Waals surface area contributed by atoms with Crippen LogP contribution in [0.25, 0.3) is 10.9 Å². The zero-order chi connectivity index (χ0) is 11.7. The minimum atomic E-state index is -0.146. The molecule has 2 N–H and O–H groups in total. The summed E-state index contributed by atoms with van der Waals surface area (Å²) in [6.07, 6.45) is 1.52. The van der Waals surface area contributed by atoms with E-state index in [1.807, 2.05) is 0 Å². The normalized spacial score (nSPS) is 10.4. The molecule has 5 heteroatoms. The maximum atomic E-state index is 9.93. The smallest absolute Gasteiger partial charge is 0.209 e. The van der Waals surface area contributed by atoms with Crippen LogP contribution in [0, 0.1) is 0 Å². The minimum Gasteiger partial charge on any atom is -0.504 e. The van der Waals surface area contributed by atoms with E-state index in [0.717, 1.165) is 0 Å². The molecule has 0 aliphatic heterocycles. The fourth-order valence-electron chi connectivity index (χ4n) is 1.61. The Morgan fingerprint density at radius 1 is 1.06 bits per heavy atom. The second-order valence-corrected chi connectivity index (χ2v) is 3.16. The number of aromatic hydroxyl groups is 2. The number of fused-ring (bicyclic) bond motifs is 1. The highest BCUT2D eigenvalue weighted by molar-refractivity contribution is 5.95. The molecule has 0 spiro atoms. The van der Waals surface area contributed by atoms with Crippen molar-refractivity contribution in [2.24, 2.45) is 0 Å². The van der Waals surface area contributed by atoms with Crippen LogP contribution in [0.1, 0.15) is 0 Å². The van der Waals surface area contributed by atoms with Gasteiger partial charge in [0, 0.05) is 6.20 Å². The van der Waals surface area contributed by atoms with Gasteiger partial charge in [-0.05, 0) is 12.1 Å². The average Bonchev–Trinajstić information content (AvgIpc) is 2.33. The van der Waals surface area contributed by atoms with E-state index in [-0.39, 0.29) is 28.5 Å². The Morgan fingerprint density at radius 2 is 1.69 bits per heavy atom. The van der Waals surface area contributed by atoms with E-state index >= 15 is 0 Å². The molecule has 16 heavy (non-hydrogen) atoms. The molecule has 0 amide bonds. The van der Waals surface area contributed by atoms with Crippen LogP contribution in [0.15, 0.2) is 18.3 Å². The molecule has 5 nitrogen and oxygen atoms in total. The SMILES string of the molecule is COc1c(OC)c(O)c2ncccc2c1O. The van der Waals surface area contributed by atoms with Gasteiger partial charge >= 0.3 is 0 Å². The van der Waals surface area contributed by atoms with E-state index in [4.69, 9.17) is 9.47 Å². The van der Waals surface area contributed by atoms with Crippen molar-refractivity contribution < 1.29 is 19.7 Å². The summed E-state index contributed by atoms with van der Waals surface area (Å²) >= 11 is 0. The Balaban J connectivity index is 2.93. The summed E-state index contributed by atoms with van der Waals surface area (Å²) in [5.74, 6) is -0.0697. The molecule has 0 saturated carbocycles. The molecule has 0 atom stereocenters. The van der Waals surface area contributed by atoms with Crippen LogP contribution < -0.4 is 9.47 Å². The molecule has 84 valence electrons. The largest absolute Gasteiger partial charge is 0.504 e. The van der Waals surface area contributed by atoms with E-state index in [1.165, 1.54) is 20.4 Å². The van der Waals surface area contributed by atoms with Crippen LogP contribution in [-0.4, -0.2) is 29.4 Å². The number of aromatic nitrogens is 1. The van der Waals surface area contributed by atoms with Gasteiger partial charge in [0.05, 0.1) is 19.6 Å². The van der Waals surface area contributed by atoms with Gasteiger partial charge in [0.1, 0.15) is 5.52 Å². The molecule has 1 aromatic heterocycles. The van der Waals surface area contributed by atoms with Crippen molar-refractivity contribution in [3.05, 3.63) is 18.3 Å². The highest BCUT2D eigenvalue weighted by Crippen LogP contribution is 2.48. The number of nitrogens with zero attached hydrogens (tertiary/aromatic N) is 1. The van der Waals surface area contributed by atoms with Gasteiger partial charge in [0.25, 0.3) is 0 Å². The molecule has 2 aromatic rings. The number of methoxy groups -OCH3 is 2.